The molecule has 0 spiro atoms. The zero-order valence-electron chi connectivity index (χ0n) is 7.03. The van der Waals surface area contributed by atoms with Crippen LogP contribution in [0.3, 0.4) is 0 Å². The molecule has 1 radical (unpaired) electrons. The molecule has 0 aromatic heterocycles. The van der Waals surface area contributed by atoms with Crippen LogP contribution in [-0.4, -0.2) is 19.6 Å². The molecule has 1 fully saturated rings. The van der Waals surface area contributed by atoms with E-state index in [0.29, 0.717) is 0 Å². The fraction of sp³-hybridized carbons (Fsp3) is 0.300. The number of rotatable bonds is 1. The molecule has 0 atom stereocenters. The lowest BCUT2D eigenvalue weighted by molar-refractivity contribution is 0.653. The van der Waals surface area contributed by atoms with Crippen molar-refractivity contribution in [3.05, 3.63) is 36.9 Å². The van der Waals surface area contributed by atoms with Crippen LogP contribution in [-0.2, 0) is 0 Å². The summed E-state index contributed by atoms with van der Waals surface area (Å²) in [6.07, 6.45) is 0. The maximum Gasteiger partial charge on any atom is 0.0416 e. The van der Waals surface area contributed by atoms with Gasteiger partial charge < -0.3 is 10.2 Å². The van der Waals surface area contributed by atoms with Gasteiger partial charge in [-0.25, -0.2) is 0 Å². The Kier molecular flexibility index (Phi) is 2.28. The third kappa shape index (κ3) is 1.59. The van der Waals surface area contributed by atoms with Crippen molar-refractivity contribution in [2.24, 2.45) is 0 Å². The van der Waals surface area contributed by atoms with E-state index >= 15 is 0 Å². The second-order valence-electron chi connectivity index (χ2n) is 2.94. The maximum atomic E-state index is 3.22. The number of hydrogen-bond donors (Lipinski definition) is 1. The van der Waals surface area contributed by atoms with Crippen molar-refractivity contribution < 1.29 is 0 Å². The highest BCUT2D eigenvalue weighted by molar-refractivity contribution is 5.46. The smallest absolute Gasteiger partial charge is 0.0416 e. The Labute approximate surface area is 73.2 Å². The number of nitrogens with one attached hydrogen (secondary N) is 1. The van der Waals surface area contributed by atoms with E-state index in [9.17, 15) is 0 Å². The summed E-state index contributed by atoms with van der Waals surface area (Å²) in [6, 6.07) is 10.5. The van der Waals surface area contributed by atoms with Crippen LogP contribution < -0.4 is 10.2 Å². The summed E-state index contributed by atoms with van der Waals surface area (Å²) in [5.74, 6) is 0. The number of para-hydroxylation sites is 1. The van der Waals surface area contributed by atoms with Crippen molar-refractivity contribution in [3.8, 4) is 0 Å². The van der Waals surface area contributed by atoms with E-state index < -0.39 is 0 Å². The van der Waals surface area contributed by atoms with Gasteiger partial charge in [0.05, 0.1) is 0 Å². The third-order valence-electron chi connectivity index (χ3n) is 2.10. The molecule has 1 aromatic rings. The predicted octanol–water partition coefficient (Wildman–Crippen LogP) is 1.26. The van der Waals surface area contributed by atoms with Crippen LogP contribution in [0.25, 0.3) is 0 Å². The summed E-state index contributed by atoms with van der Waals surface area (Å²) in [4.78, 5) is 2.36. The van der Waals surface area contributed by atoms with Gasteiger partial charge in [-0.1, -0.05) is 18.2 Å². The summed E-state index contributed by atoms with van der Waals surface area (Å²) in [7, 11) is 0. The van der Waals surface area contributed by atoms with Crippen molar-refractivity contribution in [2.75, 3.05) is 24.5 Å². The quantitative estimate of drug-likeness (QED) is 0.667. The summed E-state index contributed by atoms with van der Waals surface area (Å²) in [5, 5.41) is 3.22. The van der Waals surface area contributed by atoms with Crippen molar-refractivity contribution in [1.82, 2.24) is 5.32 Å². The van der Waals surface area contributed by atoms with Crippen molar-refractivity contribution >= 4 is 5.69 Å². The molecule has 0 amide bonds. The minimum Gasteiger partial charge on any atom is -0.369 e. The molecule has 1 aliphatic heterocycles. The highest BCUT2D eigenvalue weighted by Crippen LogP contribution is 2.13. The van der Waals surface area contributed by atoms with Gasteiger partial charge in [-0.15, -0.1) is 0 Å². The molecule has 0 aliphatic carbocycles. The highest BCUT2D eigenvalue weighted by Gasteiger charge is 2.08. The average molecular weight is 161 g/mol. The molecule has 1 aromatic carbocycles. The van der Waals surface area contributed by atoms with E-state index in [2.05, 4.69) is 47.1 Å². The van der Waals surface area contributed by atoms with Gasteiger partial charge in [-0.05, 0) is 12.1 Å². The monoisotopic (exact) mass is 161 g/mol. The zero-order valence-corrected chi connectivity index (χ0v) is 7.03. The van der Waals surface area contributed by atoms with Gasteiger partial charge in [0.1, 0.15) is 0 Å². The Hall–Kier alpha value is -1.02. The molecule has 2 rings (SSSR count). The number of nitrogens with zero attached hydrogens (tertiary/aromatic N) is 1. The van der Waals surface area contributed by atoms with E-state index in [1.54, 1.807) is 0 Å². The molecular weight excluding hydrogens is 148 g/mol. The Morgan fingerprint density at radius 1 is 1.17 bits per heavy atom. The lowest BCUT2D eigenvalue weighted by Crippen LogP contribution is -2.40. The lowest BCUT2D eigenvalue weighted by Gasteiger charge is -2.28. The number of anilines is 1. The van der Waals surface area contributed by atoms with Crippen LogP contribution in [0.5, 0.6) is 0 Å². The van der Waals surface area contributed by atoms with Crippen molar-refractivity contribution in [2.45, 2.75) is 0 Å². The minimum atomic E-state index is 1.00. The summed E-state index contributed by atoms with van der Waals surface area (Å²) in [5.41, 5.74) is 1.32. The molecule has 2 heteroatoms. The molecule has 1 aliphatic rings. The summed E-state index contributed by atoms with van der Waals surface area (Å²) >= 11 is 0. The van der Waals surface area contributed by atoms with E-state index in [0.717, 1.165) is 19.6 Å². The van der Waals surface area contributed by atoms with E-state index in [1.165, 1.54) is 5.69 Å². The second kappa shape index (κ2) is 3.59. The highest BCUT2D eigenvalue weighted by atomic mass is 15.2. The Morgan fingerprint density at radius 3 is 2.67 bits per heavy atom. The average Bonchev–Trinajstić information content (AvgIpc) is 2.21. The van der Waals surface area contributed by atoms with Crippen LogP contribution in [0.1, 0.15) is 0 Å². The number of piperazine rings is 1. The minimum absolute atomic E-state index is 1.00. The van der Waals surface area contributed by atoms with Gasteiger partial charge in [0.2, 0.25) is 0 Å². The molecule has 1 saturated heterocycles. The molecular formula is C10H13N2. The maximum absolute atomic E-state index is 3.22. The summed E-state index contributed by atoms with van der Waals surface area (Å²) in [6.45, 7) is 5.26. The Bertz CT molecular complexity index is 227. The standard InChI is InChI=1S/C10H13N2/c1-2-4-10(5-3-1)12-8-6-11-7-9-12/h1-6,11H,7-9H2. The van der Waals surface area contributed by atoms with E-state index in [-0.39, 0.29) is 0 Å². The van der Waals surface area contributed by atoms with Crippen molar-refractivity contribution in [1.29, 1.82) is 0 Å². The normalized spacial score (nSPS) is 17.8. The second-order valence-corrected chi connectivity index (χ2v) is 2.94. The fourth-order valence-corrected chi connectivity index (χ4v) is 1.44. The molecule has 2 nitrogen and oxygen atoms in total. The predicted molar refractivity (Wildman–Crippen MR) is 51.0 cm³/mol. The van der Waals surface area contributed by atoms with E-state index in [1.807, 2.05) is 0 Å². The number of benzene rings is 1. The van der Waals surface area contributed by atoms with Gasteiger partial charge in [-0.3, -0.25) is 0 Å². The van der Waals surface area contributed by atoms with Crippen LogP contribution in [0.15, 0.2) is 30.3 Å². The fourth-order valence-electron chi connectivity index (χ4n) is 1.44. The molecule has 63 valence electrons. The SMILES string of the molecule is [CH]1CN(c2ccccc2)CCN1. The Balaban J connectivity index is 2.08. The first kappa shape index (κ1) is 7.62. The molecule has 1 heterocycles. The van der Waals surface area contributed by atoms with Crippen molar-refractivity contribution in [3.63, 3.8) is 0 Å². The van der Waals surface area contributed by atoms with Gasteiger partial charge in [0, 0.05) is 31.9 Å². The third-order valence-corrected chi connectivity index (χ3v) is 2.10. The summed E-state index contributed by atoms with van der Waals surface area (Å²) < 4.78 is 0. The van der Waals surface area contributed by atoms with Crippen LogP contribution in [0, 0.1) is 6.54 Å². The lowest BCUT2D eigenvalue weighted by atomic mass is 10.2. The topological polar surface area (TPSA) is 15.3 Å². The van der Waals surface area contributed by atoms with Gasteiger partial charge in [0.25, 0.3) is 0 Å². The van der Waals surface area contributed by atoms with Crippen LogP contribution >= 0.6 is 0 Å². The van der Waals surface area contributed by atoms with Crippen LogP contribution in [0.2, 0.25) is 0 Å². The van der Waals surface area contributed by atoms with E-state index in [4.69, 9.17) is 0 Å². The van der Waals surface area contributed by atoms with Crippen LogP contribution in [0.4, 0.5) is 5.69 Å². The molecule has 0 saturated carbocycles. The van der Waals surface area contributed by atoms with Gasteiger partial charge in [-0.2, -0.15) is 0 Å². The Morgan fingerprint density at radius 2 is 2.00 bits per heavy atom. The first-order chi connectivity index (χ1) is 5.97. The molecule has 0 unspecified atom stereocenters. The zero-order chi connectivity index (χ0) is 8.23. The first-order valence-corrected chi connectivity index (χ1v) is 4.32. The van der Waals surface area contributed by atoms with Gasteiger partial charge in [0.15, 0.2) is 0 Å². The first-order valence-electron chi connectivity index (χ1n) is 4.32. The molecule has 0 bridgehead atoms. The molecule has 12 heavy (non-hydrogen) atoms. The molecule has 1 N–H and O–H groups in total. The van der Waals surface area contributed by atoms with Gasteiger partial charge >= 0.3 is 0 Å². The number of hydrogen-bond acceptors (Lipinski definition) is 2. The largest absolute Gasteiger partial charge is 0.369 e.